The van der Waals surface area contributed by atoms with Gasteiger partial charge in [0.25, 0.3) is 0 Å². The second-order valence-electron chi connectivity index (χ2n) is 4.62. The van der Waals surface area contributed by atoms with Gasteiger partial charge in [0.1, 0.15) is 0 Å². The maximum atomic E-state index is 10.9. The summed E-state index contributed by atoms with van der Waals surface area (Å²) in [4.78, 5) is 10.9. The zero-order valence-electron chi connectivity index (χ0n) is 10.6. The van der Waals surface area contributed by atoms with Crippen molar-refractivity contribution in [3.63, 3.8) is 0 Å². The number of carboxylic acid groups (broad SMARTS) is 1. The minimum Gasteiger partial charge on any atom is -0.478 e. The fourth-order valence-electron chi connectivity index (χ4n) is 1.64. The Kier molecular flexibility index (Phi) is 5.44. The lowest BCUT2D eigenvalue weighted by Gasteiger charge is -2.20. The second-order valence-corrected chi connectivity index (χ2v) is 5.03. The Morgan fingerprint density at radius 3 is 2.67 bits per heavy atom. The van der Waals surface area contributed by atoms with E-state index in [1.54, 1.807) is 18.2 Å². The third-order valence-electron chi connectivity index (χ3n) is 3.01. The first-order valence-corrected chi connectivity index (χ1v) is 6.30. The average molecular weight is 271 g/mol. The highest BCUT2D eigenvalue weighted by molar-refractivity contribution is 6.33. The lowest BCUT2D eigenvalue weighted by atomic mass is 9.96. The number of rotatable bonds is 6. The van der Waals surface area contributed by atoms with E-state index >= 15 is 0 Å². The Hall–Kier alpha value is -1.26. The predicted molar refractivity (Wildman–Crippen MR) is 74.3 cm³/mol. The molecule has 18 heavy (non-hydrogen) atoms. The Balaban J connectivity index is 2.74. The average Bonchev–Trinajstić information content (AvgIpc) is 2.31. The third-order valence-corrected chi connectivity index (χ3v) is 3.34. The molecule has 0 saturated heterocycles. The van der Waals surface area contributed by atoms with Gasteiger partial charge in [-0.1, -0.05) is 25.4 Å². The van der Waals surface area contributed by atoms with Crippen LogP contribution in [0.2, 0.25) is 5.02 Å². The van der Waals surface area contributed by atoms with Crippen LogP contribution in [0.5, 0.6) is 0 Å². The van der Waals surface area contributed by atoms with Gasteiger partial charge in [-0.25, -0.2) is 4.79 Å². The normalized spacial score (nSPS) is 12.5. The van der Waals surface area contributed by atoms with Crippen LogP contribution in [-0.2, 0) is 0 Å². The molecule has 1 rings (SSSR count). The Labute approximate surface area is 112 Å². The lowest BCUT2D eigenvalue weighted by molar-refractivity contribution is 0.0697. The van der Waals surface area contributed by atoms with Gasteiger partial charge < -0.3 is 16.2 Å². The molecule has 0 aliphatic rings. The largest absolute Gasteiger partial charge is 0.478 e. The molecule has 0 aliphatic carbocycles. The fraction of sp³-hybridized carbons (Fsp3) is 0.462. The van der Waals surface area contributed by atoms with E-state index in [4.69, 9.17) is 22.4 Å². The van der Waals surface area contributed by atoms with E-state index in [2.05, 4.69) is 19.2 Å². The van der Waals surface area contributed by atoms with Crippen LogP contribution in [-0.4, -0.2) is 24.2 Å². The van der Waals surface area contributed by atoms with Crippen molar-refractivity contribution in [1.29, 1.82) is 0 Å². The van der Waals surface area contributed by atoms with Crippen LogP contribution in [0, 0.1) is 11.8 Å². The summed E-state index contributed by atoms with van der Waals surface area (Å²) in [5, 5.41) is 12.4. The molecule has 0 bridgehead atoms. The van der Waals surface area contributed by atoms with Crippen LogP contribution in [0.25, 0.3) is 0 Å². The van der Waals surface area contributed by atoms with E-state index in [9.17, 15) is 4.79 Å². The fourth-order valence-corrected chi connectivity index (χ4v) is 1.84. The van der Waals surface area contributed by atoms with Crippen molar-refractivity contribution in [3.05, 3.63) is 28.8 Å². The molecule has 1 aromatic carbocycles. The summed E-state index contributed by atoms with van der Waals surface area (Å²) in [6.45, 7) is 5.55. The number of hydrogen-bond acceptors (Lipinski definition) is 3. The van der Waals surface area contributed by atoms with Crippen LogP contribution < -0.4 is 11.1 Å². The van der Waals surface area contributed by atoms with Crippen molar-refractivity contribution < 1.29 is 9.90 Å². The van der Waals surface area contributed by atoms with Crippen molar-refractivity contribution in [1.82, 2.24) is 0 Å². The van der Waals surface area contributed by atoms with Gasteiger partial charge in [0.2, 0.25) is 0 Å². The summed E-state index contributed by atoms with van der Waals surface area (Å²) in [6, 6.07) is 4.89. The quantitative estimate of drug-likeness (QED) is 0.743. The number of nitrogens with one attached hydrogen (secondary N) is 1. The van der Waals surface area contributed by atoms with Crippen molar-refractivity contribution in [2.75, 3.05) is 18.4 Å². The molecule has 0 fully saturated rings. The van der Waals surface area contributed by atoms with Crippen LogP contribution in [0.1, 0.15) is 24.2 Å². The Morgan fingerprint density at radius 1 is 1.50 bits per heavy atom. The highest BCUT2D eigenvalue weighted by Gasteiger charge is 2.12. The third kappa shape index (κ3) is 3.89. The molecule has 4 nitrogen and oxygen atoms in total. The smallest absolute Gasteiger partial charge is 0.337 e. The van der Waals surface area contributed by atoms with Gasteiger partial charge in [-0.2, -0.15) is 0 Å². The molecular weight excluding hydrogens is 252 g/mol. The molecule has 0 aliphatic heterocycles. The van der Waals surface area contributed by atoms with E-state index < -0.39 is 5.97 Å². The van der Waals surface area contributed by atoms with Crippen LogP contribution in [0.3, 0.4) is 0 Å². The van der Waals surface area contributed by atoms with Gasteiger partial charge in [0.15, 0.2) is 0 Å². The number of hydrogen-bond donors (Lipinski definition) is 3. The number of benzene rings is 1. The standard InChI is InChI=1S/C13H19ClN2O2/c1-8(2)9(6-15)7-16-10-3-4-12(14)11(5-10)13(17)18/h3-5,8-9,16H,6-7,15H2,1-2H3,(H,17,18). The number of aromatic carboxylic acids is 1. The Bertz CT molecular complexity index is 421. The van der Waals surface area contributed by atoms with Gasteiger partial charge in [-0.15, -0.1) is 0 Å². The van der Waals surface area contributed by atoms with Crippen molar-refractivity contribution in [2.24, 2.45) is 17.6 Å². The van der Waals surface area contributed by atoms with E-state index in [0.29, 0.717) is 18.4 Å². The number of carbonyl (C=O) groups is 1. The molecule has 0 aromatic heterocycles. The molecule has 0 amide bonds. The molecule has 4 N–H and O–H groups in total. The minimum absolute atomic E-state index is 0.107. The molecule has 100 valence electrons. The zero-order valence-corrected chi connectivity index (χ0v) is 11.4. The minimum atomic E-state index is -1.03. The maximum Gasteiger partial charge on any atom is 0.337 e. The molecule has 0 saturated carbocycles. The highest BCUT2D eigenvalue weighted by atomic mass is 35.5. The number of carboxylic acids is 1. The molecule has 0 radical (unpaired) electrons. The monoisotopic (exact) mass is 270 g/mol. The van der Waals surface area contributed by atoms with Crippen molar-refractivity contribution in [3.8, 4) is 0 Å². The lowest BCUT2D eigenvalue weighted by Crippen LogP contribution is -2.27. The van der Waals surface area contributed by atoms with Gasteiger partial charge in [0, 0.05) is 12.2 Å². The number of nitrogens with two attached hydrogens (primary N) is 1. The van der Waals surface area contributed by atoms with Gasteiger partial charge >= 0.3 is 5.97 Å². The molecule has 1 aromatic rings. The van der Waals surface area contributed by atoms with Crippen LogP contribution >= 0.6 is 11.6 Å². The molecule has 5 heteroatoms. The second kappa shape index (κ2) is 6.61. The summed E-state index contributed by atoms with van der Waals surface area (Å²) in [5.74, 6) is -0.189. The predicted octanol–water partition coefficient (Wildman–Crippen LogP) is 2.68. The molecule has 0 heterocycles. The summed E-state index contributed by atoms with van der Waals surface area (Å²) in [6.07, 6.45) is 0. The molecule has 0 spiro atoms. The molecular formula is C13H19ClN2O2. The first-order chi connectivity index (χ1) is 8.45. The Morgan fingerprint density at radius 2 is 2.17 bits per heavy atom. The summed E-state index contributed by atoms with van der Waals surface area (Å²) in [5.41, 5.74) is 6.54. The first-order valence-electron chi connectivity index (χ1n) is 5.92. The van der Waals surface area contributed by atoms with Gasteiger partial charge in [-0.05, 0) is 36.6 Å². The molecule has 1 unspecified atom stereocenters. The number of halogens is 1. The van der Waals surface area contributed by atoms with E-state index in [1.165, 1.54) is 0 Å². The maximum absolute atomic E-state index is 10.9. The van der Waals surface area contributed by atoms with E-state index in [-0.39, 0.29) is 10.6 Å². The van der Waals surface area contributed by atoms with Crippen molar-refractivity contribution in [2.45, 2.75) is 13.8 Å². The SMILES string of the molecule is CC(C)C(CN)CNc1ccc(Cl)c(C(=O)O)c1. The van der Waals surface area contributed by atoms with Gasteiger partial charge in [0.05, 0.1) is 10.6 Å². The van der Waals surface area contributed by atoms with Gasteiger partial charge in [-0.3, -0.25) is 0 Å². The topological polar surface area (TPSA) is 75.3 Å². The summed E-state index contributed by atoms with van der Waals surface area (Å²) in [7, 11) is 0. The van der Waals surface area contributed by atoms with Crippen LogP contribution in [0.4, 0.5) is 5.69 Å². The van der Waals surface area contributed by atoms with E-state index in [1.807, 2.05) is 0 Å². The summed E-state index contributed by atoms with van der Waals surface area (Å²) < 4.78 is 0. The first kappa shape index (κ1) is 14.8. The number of anilines is 1. The van der Waals surface area contributed by atoms with E-state index in [0.717, 1.165) is 12.2 Å². The van der Waals surface area contributed by atoms with Crippen molar-refractivity contribution >= 4 is 23.3 Å². The highest BCUT2D eigenvalue weighted by Crippen LogP contribution is 2.21. The zero-order chi connectivity index (χ0) is 13.7. The molecule has 1 atom stereocenters. The summed E-state index contributed by atoms with van der Waals surface area (Å²) >= 11 is 5.80. The van der Waals surface area contributed by atoms with Crippen LogP contribution in [0.15, 0.2) is 18.2 Å².